The van der Waals surface area contributed by atoms with Gasteiger partial charge in [0.05, 0.1) is 22.0 Å². The number of nitrogens with zero attached hydrogens (tertiary/aromatic N) is 3. The van der Waals surface area contributed by atoms with Crippen LogP contribution in [0.4, 0.5) is 10.1 Å². The first-order chi connectivity index (χ1) is 15.1. The summed E-state index contributed by atoms with van der Waals surface area (Å²) in [6.07, 6.45) is 0. The maximum Gasteiger partial charge on any atom is 0.265 e. The van der Waals surface area contributed by atoms with E-state index in [1.807, 2.05) is 6.92 Å². The molecular formula is C22H21FN4O3S2. The van der Waals surface area contributed by atoms with Crippen molar-refractivity contribution < 1.29 is 17.6 Å². The van der Waals surface area contributed by atoms with Gasteiger partial charge >= 0.3 is 0 Å². The summed E-state index contributed by atoms with van der Waals surface area (Å²) in [4.78, 5) is 14.3. The van der Waals surface area contributed by atoms with Gasteiger partial charge in [-0.3, -0.25) is 9.48 Å². The molecule has 1 amide bonds. The molecule has 0 atom stereocenters. The average Bonchev–Trinajstić information content (AvgIpc) is 3.31. The maximum absolute atomic E-state index is 13.2. The molecule has 4 rings (SSSR count). The zero-order chi connectivity index (χ0) is 23.0. The number of rotatable bonds is 6. The van der Waals surface area contributed by atoms with Crippen LogP contribution >= 0.6 is 11.3 Å². The number of thiophene rings is 1. The van der Waals surface area contributed by atoms with Gasteiger partial charge in [0.15, 0.2) is 0 Å². The van der Waals surface area contributed by atoms with Gasteiger partial charge in [-0.25, -0.2) is 17.1 Å². The number of anilines is 1. The Balaban J connectivity index is 1.55. The highest BCUT2D eigenvalue weighted by molar-refractivity contribution is 7.89. The van der Waals surface area contributed by atoms with Crippen molar-refractivity contribution in [1.29, 1.82) is 0 Å². The smallest absolute Gasteiger partial charge is 0.265 e. The summed E-state index contributed by atoms with van der Waals surface area (Å²) < 4.78 is 40.5. The number of fused-ring (bicyclic) bond motifs is 1. The van der Waals surface area contributed by atoms with Crippen LogP contribution in [-0.2, 0) is 16.6 Å². The van der Waals surface area contributed by atoms with Gasteiger partial charge in [-0.15, -0.1) is 11.3 Å². The van der Waals surface area contributed by atoms with Crippen molar-refractivity contribution in [2.45, 2.75) is 18.4 Å². The minimum atomic E-state index is -3.53. The van der Waals surface area contributed by atoms with E-state index in [-0.39, 0.29) is 16.6 Å². The largest absolute Gasteiger partial charge is 0.321 e. The standard InChI is InChI=1S/C22H21FN4O3S2/c1-14-19-12-20(31-22(19)27(25-14)13-15-4-6-16(23)7-5-15)21(28)24-17-8-10-18(11-9-17)32(29,30)26(2)3/h4-12H,13H2,1-3H3,(H,24,28). The van der Waals surface area contributed by atoms with Gasteiger partial charge in [-0.1, -0.05) is 12.1 Å². The fraction of sp³-hybridized carbons (Fsp3) is 0.182. The molecular weight excluding hydrogens is 451 g/mol. The van der Waals surface area contributed by atoms with Crippen molar-refractivity contribution in [2.75, 3.05) is 19.4 Å². The normalized spacial score (nSPS) is 11.9. The molecule has 0 fully saturated rings. The second-order valence-corrected chi connectivity index (χ2v) is 10.6. The van der Waals surface area contributed by atoms with Gasteiger partial charge in [-0.2, -0.15) is 5.10 Å². The van der Waals surface area contributed by atoms with Crippen molar-refractivity contribution in [1.82, 2.24) is 14.1 Å². The van der Waals surface area contributed by atoms with Crippen molar-refractivity contribution in [3.63, 3.8) is 0 Å². The van der Waals surface area contributed by atoms with Crippen LogP contribution in [-0.4, -0.2) is 42.5 Å². The average molecular weight is 473 g/mol. The molecule has 32 heavy (non-hydrogen) atoms. The van der Waals surface area contributed by atoms with Crippen LogP contribution in [0.1, 0.15) is 20.9 Å². The van der Waals surface area contributed by atoms with Crippen LogP contribution in [0.2, 0.25) is 0 Å². The number of hydrogen-bond acceptors (Lipinski definition) is 5. The molecule has 0 aliphatic rings. The number of aryl methyl sites for hydroxylation is 1. The lowest BCUT2D eigenvalue weighted by atomic mass is 10.2. The molecule has 0 bridgehead atoms. The van der Waals surface area contributed by atoms with Gasteiger partial charge in [0.2, 0.25) is 10.0 Å². The highest BCUT2D eigenvalue weighted by Crippen LogP contribution is 2.29. The van der Waals surface area contributed by atoms with E-state index in [4.69, 9.17) is 0 Å². The Labute approximate surface area is 189 Å². The molecule has 0 aliphatic heterocycles. The van der Waals surface area contributed by atoms with E-state index in [2.05, 4.69) is 10.4 Å². The number of halogens is 1. The molecule has 10 heteroatoms. The Kier molecular flexibility index (Phi) is 5.85. The molecule has 0 saturated heterocycles. The van der Waals surface area contributed by atoms with Crippen LogP contribution < -0.4 is 5.32 Å². The van der Waals surface area contributed by atoms with E-state index in [1.165, 1.54) is 49.7 Å². The first-order valence-electron chi connectivity index (χ1n) is 9.70. The lowest BCUT2D eigenvalue weighted by Gasteiger charge is -2.11. The van der Waals surface area contributed by atoms with Crippen molar-refractivity contribution in [3.05, 3.63) is 76.5 Å². The minimum Gasteiger partial charge on any atom is -0.321 e. The molecule has 4 aromatic rings. The first kappa shape index (κ1) is 22.1. The topological polar surface area (TPSA) is 84.3 Å². The number of benzene rings is 2. The molecule has 0 spiro atoms. The highest BCUT2D eigenvalue weighted by Gasteiger charge is 2.19. The molecule has 0 aliphatic carbocycles. The Morgan fingerprint density at radius 3 is 2.41 bits per heavy atom. The lowest BCUT2D eigenvalue weighted by Crippen LogP contribution is -2.22. The van der Waals surface area contributed by atoms with Gasteiger partial charge in [0.25, 0.3) is 5.91 Å². The van der Waals surface area contributed by atoms with Gasteiger partial charge in [0, 0.05) is 25.2 Å². The number of amides is 1. The van der Waals surface area contributed by atoms with E-state index in [0.717, 1.165) is 25.8 Å². The summed E-state index contributed by atoms with van der Waals surface area (Å²) in [6.45, 7) is 2.34. The van der Waals surface area contributed by atoms with E-state index in [9.17, 15) is 17.6 Å². The quantitative estimate of drug-likeness (QED) is 0.458. The molecule has 2 aromatic carbocycles. The molecule has 0 radical (unpaired) electrons. The van der Waals surface area contributed by atoms with Crippen LogP contribution in [0.3, 0.4) is 0 Å². The molecule has 2 aromatic heterocycles. The second-order valence-electron chi connectivity index (χ2n) is 7.46. The fourth-order valence-electron chi connectivity index (χ4n) is 3.21. The summed E-state index contributed by atoms with van der Waals surface area (Å²) in [7, 11) is -0.602. The fourth-order valence-corrected chi connectivity index (χ4v) is 5.17. The third-order valence-electron chi connectivity index (χ3n) is 4.97. The number of carbonyl (C=O) groups is 1. The van der Waals surface area contributed by atoms with Crippen molar-refractivity contribution in [2.24, 2.45) is 0 Å². The summed E-state index contributed by atoms with van der Waals surface area (Å²) >= 11 is 1.32. The Bertz CT molecular complexity index is 1390. The van der Waals surface area contributed by atoms with Crippen LogP contribution in [0.5, 0.6) is 0 Å². The highest BCUT2D eigenvalue weighted by atomic mass is 32.2. The summed E-state index contributed by atoms with van der Waals surface area (Å²) in [6, 6.07) is 14.1. The molecule has 2 heterocycles. The van der Waals surface area contributed by atoms with Crippen LogP contribution in [0.25, 0.3) is 10.2 Å². The predicted molar refractivity (Wildman–Crippen MR) is 123 cm³/mol. The van der Waals surface area contributed by atoms with Crippen LogP contribution in [0.15, 0.2) is 59.5 Å². The zero-order valence-corrected chi connectivity index (χ0v) is 19.3. The third kappa shape index (κ3) is 4.29. The van der Waals surface area contributed by atoms with Crippen molar-refractivity contribution in [3.8, 4) is 0 Å². The second kappa shape index (κ2) is 8.45. The van der Waals surface area contributed by atoms with Gasteiger partial charge < -0.3 is 5.32 Å². The number of aromatic nitrogens is 2. The van der Waals surface area contributed by atoms with Gasteiger partial charge in [-0.05, 0) is 55.0 Å². The summed E-state index contributed by atoms with van der Waals surface area (Å²) in [5, 5.41) is 8.23. The first-order valence-corrected chi connectivity index (χ1v) is 12.0. The summed E-state index contributed by atoms with van der Waals surface area (Å²) in [5.41, 5.74) is 2.20. The van der Waals surface area contributed by atoms with Crippen LogP contribution in [0, 0.1) is 12.7 Å². The number of carbonyl (C=O) groups excluding carboxylic acids is 1. The van der Waals surface area contributed by atoms with E-state index >= 15 is 0 Å². The van der Waals surface area contributed by atoms with Crippen molar-refractivity contribution >= 4 is 43.2 Å². The Morgan fingerprint density at radius 2 is 1.78 bits per heavy atom. The molecule has 7 nitrogen and oxygen atoms in total. The Hall–Kier alpha value is -3.08. The minimum absolute atomic E-state index is 0.152. The lowest BCUT2D eigenvalue weighted by molar-refractivity contribution is 0.103. The maximum atomic E-state index is 13.2. The molecule has 166 valence electrons. The number of sulfonamides is 1. The monoisotopic (exact) mass is 472 g/mol. The summed E-state index contributed by atoms with van der Waals surface area (Å²) in [5.74, 6) is -0.583. The molecule has 0 unspecified atom stereocenters. The molecule has 1 N–H and O–H groups in total. The third-order valence-corrected chi connectivity index (χ3v) is 7.94. The van der Waals surface area contributed by atoms with E-state index in [1.54, 1.807) is 35.0 Å². The molecule has 0 saturated carbocycles. The van der Waals surface area contributed by atoms with E-state index in [0.29, 0.717) is 17.1 Å². The van der Waals surface area contributed by atoms with Gasteiger partial charge in [0.1, 0.15) is 10.6 Å². The number of nitrogens with one attached hydrogen (secondary N) is 1. The predicted octanol–water partition coefficient (Wildman–Crippen LogP) is 4.10. The zero-order valence-electron chi connectivity index (χ0n) is 17.7. The van der Waals surface area contributed by atoms with E-state index < -0.39 is 10.0 Å². The SMILES string of the molecule is Cc1nn(Cc2ccc(F)cc2)c2sc(C(=O)Nc3ccc(S(=O)(=O)N(C)C)cc3)cc12. The Morgan fingerprint density at radius 1 is 1.12 bits per heavy atom. The number of hydrogen-bond donors (Lipinski definition) is 1.